The van der Waals surface area contributed by atoms with Crippen LogP contribution in [0.5, 0.6) is 0 Å². The van der Waals surface area contributed by atoms with Gasteiger partial charge in [-0.25, -0.2) is 0 Å². The van der Waals surface area contributed by atoms with Crippen LogP contribution in [0, 0.1) is 24.7 Å². The number of nitrogens with zero attached hydrogens (tertiary/aromatic N) is 3. The molecule has 1 aromatic heterocycles. The molecule has 1 amide bonds. The molecule has 0 aromatic carbocycles. The van der Waals surface area contributed by atoms with Crippen molar-refractivity contribution in [1.29, 1.82) is 0 Å². The van der Waals surface area contributed by atoms with E-state index in [-0.39, 0.29) is 17.9 Å². The van der Waals surface area contributed by atoms with Gasteiger partial charge in [0, 0.05) is 45.1 Å². The van der Waals surface area contributed by atoms with Gasteiger partial charge in [0.1, 0.15) is 0 Å². The van der Waals surface area contributed by atoms with Crippen molar-refractivity contribution in [3.05, 3.63) is 5.89 Å². The molecular formula is C16H26N4O3. The molecule has 23 heavy (non-hydrogen) atoms. The Morgan fingerprint density at radius 1 is 1.30 bits per heavy atom. The normalized spacial score (nSPS) is 26.0. The maximum atomic E-state index is 12.5. The highest BCUT2D eigenvalue weighted by Crippen LogP contribution is 2.28. The van der Waals surface area contributed by atoms with Gasteiger partial charge in [0.15, 0.2) is 0 Å². The first-order valence-corrected chi connectivity index (χ1v) is 8.48. The number of anilines is 1. The smallest absolute Gasteiger partial charge is 0.266 e. The van der Waals surface area contributed by atoms with Gasteiger partial charge in [-0.2, -0.15) is 4.98 Å². The van der Waals surface area contributed by atoms with Crippen LogP contribution in [0.2, 0.25) is 0 Å². The minimum Gasteiger partial charge on any atom is -0.381 e. The molecule has 2 fully saturated rings. The third kappa shape index (κ3) is 3.65. The van der Waals surface area contributed by atoms with E-state index < -0.39 is 0 Å². The van der Waals surface area contributed by atoms with Crippen LogP contribution in [-0.2, 0) is 9.53 Å². The molecule has 3 heterocycles. The van der Waals surface area contributed by atoms with Gasteiger partial charge in [-0.1, -0.05) is 13.8 Å². The van der Waals surface area contributed by atoms with Gasteiger partial charge in [-0.3, -0.25) is 4.79 Å². The molecule has 128 valence electrons. The van der Waals surface area contributed by atoms with Crippen LogP contribution in [0.4, 0.5) is 5.95 Å². The third-order valence-electron chi connectivity index (χ3n) is 4.94. The van der Waals surface area contributed by atoms with E-state index >= 15 is 0 Å². The molecule has 0 aliphatic carbocycles. The first kappa shape index (κ1) is 16.2. The van der Waals surface area contributed by atoms with E-state index in [9.17, 15) is 4.79 Å². The summed E-state index contributed by atoms with van der Waals surface area (Å²) < 4.78 is 10.4. The summed E-state index contributed by atoms with van der Waals surface area (Å²) in [6.07, 6.45) is 1.64. The highest BCUT2D eigenvalue weighted by molar-refractivity contribution is 5.79. The SMILES string of the molecule is Cc1nc(N2C[C@H](NC(=O)C3CCOCC3)[C@@H](C(C)C)C2)no1. The number of aromatic nitrogens is 2. The van der Waals surface area contributed by atoms with Crippen molar-refractivity contribution in [1.82, 2.24) is 15.5 Å². The summed E-state index contributed by atoms with van der Waals surface area (Å²) in [7, 11) is 0. The van der Waals surface area contributed by atoms with Gasteiger partial charge >= 0.3 is 0 Å². The molecule has 7 nitrogen and oxygen atoms in total. The molecule has 0 saturated carbocycles. The number of hydrogen-bond acceptors (Lipinski definition) is 6. The van der Waals surface area contributed by atoms with Gasteiger partial charge in [0.05, 0.1) is 6.04 Å². The first-order valence-electron chi connectivity index (χ1n) is 8.48. The second-order valence-corrected chi connectivity index (χ2v) is 6.93. The number of carbonyl (C=O) groups is 1. The Balaban J connectivity index is 1.65. The highest BCUT2D eigenvalue weighted by atomic mass is 16.5. The average molecular weight is 322 g/mol. The monoisotopic (exact) mass is 322 g/mol. The molecule has 3 rings (SSSR count). The molecule has 0 spiro atoms. The fourth-order valence-electron chi connectivity index (χ4n) is 3.50. The Bertz CT molecular complexity index is 539. The van der Waals surface area contributed by atoms with Crippen molar-refractivity contribution in [3.8, 4) is 0 Å². The number of amides is 1. The zero-order chi connectivity index (χ0) is 16.4. The number of ether oxygens (including phenoxy) is 1. The van der Waals surface area contributed by atoms with Gasteiger partial charge in [0.2, 0.25) is 11.8 Å². The summed E-state index contributed by atoms with van der Waals surface area (Å²) in [6.45, 7) is 9.13. The maximum Gasteiger partial charge on any atom is 0.266 e. The van der Waals surface area contributed by atoms with E-state index in [1.54, 1.807) is 6.92 Å². The lowest BCUT2D eigenvalue weighted by atomic mass is 9.90. The zero-order valence-electron chi connectivity index (χ0n) is 14.1. The van der Waals surface area contributed by atoms with Crippen LogP contribution in [0.1, 0.15) is 32.6 Å². The van der Waals surface area contributed by atoms with Crippen LogP contribution < -0.4 is 10.2 Å². The largest absolute Gasteiger partial charge is 0.381 e. The minimum atomic E-state index is 0.0815. The molecule has 2 atom stereocenters. The topological polar surface area (TPSA) is 80.5 Å². The highest BCUT2D eigenvalue weighted by Gasteiger charge is 2.38. The van der Waals surface area contributed by atoms with Crippen molar-refractivity contribution in [2.75, 3.05) is 31.2 Å². The van der Waals surface area contributed by atoms with Gasteiger partial charge in [0.25, 0.3) is 5.95 Å². The van der Waals surface area contributed by atoms with Crippen molar-refractivity contribution >= 4 is 11.9 Å². The Hall–Kier alpha value is -1.63. The van der Waals surface area contributed by atoms with Crippen LogP contribution in [0.15, 0.2) is 4.52 Å². The summed E-state index contributed by atoms with van der Waals surface area (Å²) in [5, 5.41) is 7.27. The van der Waals surface area contributed by atoms with Gasteiger partial charge in [-0.15, -0.1) is 0 Å². The van der Waals surface area contributed by atoms with E-state index in [1.807, 2.05) is 0 Å². The van der Waals surface area contributed by atoms with Crippen molar-refractivity contribution in [2.45, 2.75) is 39.7 Å². The van der Waals surface area contributed by atoms with Gasteiger partial charge < -0.3 is 19.5 Å². The van der Waals surface area contributed by atoms with Crippen molar-refractivity contribution in [3.63, 3.8) is 0 Å². The lowest BCUT2D eigenvalue weighted by Gasteiger charge is -2.26. The number of aryl methyl sites for hydroxylation is 1. The Labute approximate surface area is 136 Å². The lowest BCUT2D eigenvalue weighted by Crippen LogP contribution is -2.45. The number of rotatable bonds is 4. The predicted octanol–water partition coefficient (Wildman–Crippen LogP) is 1.38. The minimum absolute atomic E-state index is 0.0815. The fraction of sp³-hybridized carbons (Fsp3) is 0.812. The molecule has 0 bridgehead atoms. The standard InChI is InChI=1S/C16H26N4O3/c1-10(2)13-8-20(16-17-11(3)23-19-16)9-14(13)18-15(21)12-4-6-22-7-5-12/h10,12-14H,4-9H2,1-3H3,(H,18,21)/t13-,14+/m1/s1. The predicted molar refractivity (Wildman–Crippen MR) is 85.0 cm³/mol. The molecular weight excluding hydrogens is 296 g/mol. The van der Waals surface area contributed by atoms with E-state index in [1.165, 1.54) is 0 Å². The summed E-state index contributed by atoms with van der Waals surface area (Å²) in [4.78, 5) is 19.0. The molecule has 0 radical (unpaired) electrons. The lowest BCUT2D eigenvalue weighted by molar-refractivity contribution is -0.128. The van der Waals surface area contributed by atoms with E-state index in [2.05, 4.69) is 34.2 Å². The number of nitrogens with one attached hydrogen (secondary N) is 1. The Morgan fingerprint density at radius 3 is 2.65 bits per heavy atom. The molecule has 1 aromatic rings. The number of hydrogen-bond donors (Lipinski definition) is 1. The summed E-state index contributed by atoms with van der Waals surface area (Å²) >= 11 is 0. The molecule has 2 saturated heterocycles. The molecule has 1 N–H and O–H groups in total. The van der Waals surface area contributed by atoms with Crippen LogP contribution >= 0.6 is 0 Å². The number of carbonyl (C=O) groups excluding carboxylic acids is 1. The second kappa shape index (κ2) is 6.86. The van der Waals surface area contributed by atoms with Crippen molar-refractivity contribution < 1.29 is 14.1 Å². The van der Waals surface area contributed by atoms with Crippen molar-refractivity contribution in [2.24, 2.45) is 17.8 Å². The van der Waals surface area contributed by atoms with E-state index in [0.29, 0.717) is 36.9 Å². The summed E-state index contributed by atoms with van der Waals surface area (Å²) in [6, 6.07) is 0.129. The Kier molecular flexibility index (Phi) is 4.84. The van der Waals surface area contributed by atoms with Gasteiger partial charge in [-0.05, 0) is 23.9 Å². The van der Waals surface area contributed by atoms with E-state index in [4.69, 9.17) is 9.26 Å². The van der Waals surface area contributed by atoms with Crippen LogP contribution in [0.25, 0.3) is 0 Å². The fourth-order valence-corrected chi connectivity index (χ4v) is 3.50. The zero-order valence-corrected chi connectivity index (χ0v) is 14.1. The molecule has 2 aliphatic rings. The summed E-state index contributed by atoms with van der Waals surface area (Å²) in [5.41, 5.74) is 0. The third-order valence-corrected chi connectivity index (χ3v) is 4.94. The quantitative estimate of drug-likeness (QED) is 0.902. The van der Waals surface area contributed by atoms with E-state index in [0.717, 1.165) is 25.9 Å². The molecule has 0 unspecified atom stereocenters. The Morgan fingerprint density at radius 2 is 2.04 bits per heavy atom. The van der Waals surface area contributed by atoms with Crippen LogP contribution in [0.3, 0.4) is 0 Å². The summed E-state index contributed by atoms with van der Waals surface area (Å²) in [5.74, 6) is 2.30. The second-order valence-electron chi connectivity index (χ2n) is 6.93. The maximum absolute atomic E-state index is 12.5. The first-order chi connectivity index (χ1) is 11.0. The molecule has 7 heteroatoms. The molecule has 2 aliphatic heterocycles. The van der Waals surface area contributed by atoms with Crippen LogP contribution in [-0.4, -0.2) is 48.4 Å². The average Bonchev–Trinajstić information content (AvgIpc) is 3.14.